The summed E-state index contributed by atoms with van der Waals surface area (Å²) in [7, 11) is 0. The van der Waals surface area contributed by atoms with Crippen molar-refractivity contribution in [3.05, 3.63) is 52.3 Å². The third-order valence-corrected chi connectivity index (χ3v) is 2.41. The second-order valence-electron chi connectivity index (χ2n) is 3.72. The van der Waals surface area contributed by atoms with Gasteiger partial charge in [-0.25, -0.2) is 0 Å². The average Bonchev–Trinajstić information content (AvgIpc) is 2.30. The number of benzene rings is 1. The van der Waals surface area contributed by atoms with Crippen LogP contribution in [0.15, 0.2) is 41.3 Å². The minimum atomic E-state index is -0.375. The molecule has 0 aliphatic rings. The zero-order valence-corrected chi connectivity index (χ0v) is 9.14. The Morgan fingerprint density at radius 2 is 2.18 bits per heavy atom. The second-order valence-corrected chi connectivity index (χ2v) is 3.72. The quantitative estimate of drug-likeness (QED) is 0.833. The van der Waals surface area contributed by atoms with Crippen LogP contribution in [0.1, 0.15) is 12.0 Å². The van der Waals surface area contributed by atoms with Gasteiger partial charge in [-0.15, -0.1) is 0 Å². The molecule has 0 aliphatic carbocycles. The van der Waals surface area contributed by atoms with Crippen molar-refractivity contribution in [1.82, 2.24) is 4.98 Å². The molecule has 3 N–H and O–H groups in total. The van der Waals surface area contributed by atoms with Gasteiger partial charge in [0.15, 0.2) is 5.43 Å². The first-order chi connectivity index (χ1) is 8.16. The Kier molecular flexibility index (Phi) is 3.05. The number of hydrogen-bond donors (Lipinski definition) is 2. The highest BCUT2D eigenvalue weighted by atomic mass is 16.1. The van der Waals surface area contributed by atoms with E-state index in [2.05, 4.69) is 4.98 Å². The Labute approximate surface area is 97.8 Å². The van der Waals surface area contributed by atoms with Crippen molar-refractivity contribution >= 4 is 22.9 Å². The van der Waals surface area contributed by atoms with Crippen molar-refractivity contribution in [2.45, 2.75) is 6.42 Å². The lowest BCUT2D eigenvalue weighted by molar-refractivity contribution is -0.117. The Morgan fingerprint density at radius 3 is 2.94 bits per heavy atom. The number of aromatic nitrogens is 1. The molecular weight excluding hydrogens is 216 g/mol. The highest BCUT2D eigenvalue weighted by Crippen LogP contribution is 2.11. The molecule has 2 rings (SSSR count). The number of nitrogens with one attached hydrogen (secondary N) is 1. The first kappa shape index (κ1) is 11.1. The van der Waals surface area contributed by atoms with Crippen molar-refractivity contribution in [3.63, 3.8) is 0 Å². The van der Waals surface area contributed by atoms with Crippen LogP contribution in [0.25, 0.3) is 17.0 Å². The largest absolute Gasteiger partial charge is 0.369 e. The molecule has 0 unspecified atom stereocenters. The maximum Gasteiger partial charge on any atom is 0.221 e. The van der Waals surface area contributed by atoms with Crippen molar-refractivity contribution in [3.8, 4) is 0 Å². The highest BCUT2D eigenvalue weighted by Gasteiger charge is 1.98. The third-order valence-electron chi connectivity index (χ3n) is 2.41. The van der Waals surface area contributed by atoms with E-state index < -0.39 is 0 Å². The van der Waals surface area contributed by atoms with Crippen molar-refractivity contribution in [2.75, 3.05) is 0 Å². The monoisotopic (exact) mass is 228 g/mol. The summed E-state index contributed by atoms with van der Waals surface area (Å²) in [5, 5.41) is 0.633. The van der Waals surface area contributed by atoms with E-state index in [1.165, 1.54) is 6.07 Å². The molecule has 0 saturated heterocycles. The maximum absolute atomic E-state index is 11.6. The van der Waals surface area contributed by atoms with Gasteiger partial charge in [-0.05, 0) is 17.7 Å². The van der Waals surface area contributed by atoms with Crippen LogP contribution in [0.2, 0.25) is 0 Å². The molecule has 17 heavy (non-hydrogen) atoms. The predicted molar refractivity (Wildman–Crippen MR) is 67.4 cm³/mol. The summed E-state index contributed by atoms with van der Waals surface area (Å²) in [6.07, 6.45) is 5.27. The number of hydrogen-bond acceptors (Lipinski definition) is 2. The predicted octanol–water partition coefficient (Wildman–Crippen LogP) is 1.42. The average molecular weight is 228 g/mol. The normalized spacial score (nSPS) is 11.1. The number of carbonyl (C=O) groups excluding carboxylic acids is 1. The number of pyridine rings is 1. The lowest BCUT2D eigenvalue weighted by atomic mass is 10.1. The van der Waals surface area contributed by atoms with Gasteiger partial charge in [-0.1, -0.05) is 18.2 Å². The van der Waals surface area contributed by atoms with Crippen LogP contribution >= 0.6 is 0 Å². The van der Waals surface area contributed by atoms with Gasteiger partial charge in [0.05, 0.1) is 0 Å². The fourth-order valence-electron chi connectivity index (χ4n) is 1.60. The molecule has 0 aliphatic heterocycles. The Hall–Kier alpha value is -2.36. The second kappa shape index (κ2) is 4.65. The molecule has 4 nitrogen and oxygen atoms in total. The van der Waals surface area contributed by atoms with Crippen LogP contribution < -0.4 is 11.2 Å². The summed E-state index contributed by atoms with van der Waals surface area (Å²) < 4.78 is 0. The van der Waals surface area contributed by atoms with Gasteiger partial charge in [-0.3, -0.25) is 9.59 Å². The number of fused-ring (bicyclic) bond motifs is 1. The molecule has 86 valence electrons. The summed E-state index contributed by atoms with van der Waals surface area (Å²) in [6, 6.07) is 6.97. The third kappa shape index (κ3) is 2.60. The van der Waals surface area contributed by atoms with Gasteiger partial charge in [0.1, 0.15) is 0 Å². The number of nitrogens with two attached hydrogens (primary N) is 1. The number of amides is 1. The number of aromatic amines is 1. The van der Waals surface area contributed by atoms with E-state index in [4.69, 9.17) is 5.73 Å². The fraction of sp³-hybridized carbons (Fsp3) is 0.0769. The van der Waals surface area contributed by atoms with E-state index in [9.17, 15) is 9.59 Å². The van der Waals surface area contributed by atoms with Gasteiger partial charge in [0, 0.05) is 29.6 Å². The van der Waals surface area contributed by atoms with Crippen LogP contribution in [-0.4, -0.2) is 10.9 Å². The zero-order valence-electron chi connectivity index (χ0n) is 9.14. The van der Waals surface area contributed by atoms with E-state index in [1.54, 1.807) is 24.4 Å². The minimum absolute atomic E-state index is 0.0242. The molecular formula is C13H12N2O2. The van der Waals surface area contributed by atoms with Crippen molar-refractivity contribution in [1.29, 1.82) is 0 Å². The van der Waals surface area contributed by atoms with Gasteiger partial charge in [-0.2, -0.15) is 0 Å². The Morgan fingerprint density at radius 1 is 1.35 bits per heavy atom. The molecule has 1 amide bonds. The molecule has 4 heteroatoms. The first-order valence-corrected chi connectivity index (χ1v) is 5.23. The van der Waals surface area contributed by atoms with Crippen LogP contribution in [0, 0.1) is 0 Å². The Bertz CT molecular complexity index is 641. The number of primary amides is 1. The summed E-state index contributed by atoms with van der Waals surface area (Å²) in [5.74, 6) is -0.375. The summed E-state index contributed by atoms with van der Waals surface area (Å²) in [4.78, 5) is 25.2. The van der Waals surface area contributed by atoms with Crippen LogP contribution in [0.5, 0.6) is 0 Å². The molecule has 2 aromatic rings. The fourth-order valence-corrected chi connectivity index (χ4v) is 1.60. The molecule has 0 radical (unpaired) electrons. The number of rotatable bonds is 3. The molecule has 0 spiro atoms. The number of H-pyrrole nitrogens is 1. The lowest BCUT2D eigenvalue weighted by Crippen LogP contribution is -2.07. The van der Waals surface area contributed by atoms with Crippen molar-refractivity contribution < 1.29 is 4.79 Å². The molecule has 1 aromatic carbocycles. The minimum Gasteiger partial charge on any atom is -0.369 e. The van der Waals surface area contributed by atoms with E-state index in [0.717, 1.165) is 11.1 Å². The molecule has 0 bridgehead atoms. The summed E-state index contributed by atoms with van der Waals surface area (Å²) >= 11 is 0. The van der Waals surface area contributed by atoms with Gasteiger partial charge in [0.2, 0.25) is 5.91 Å². The Balaban J connectivity index is 2.38. The molecule has 0 atom stereocenters. The van der Waals surface area contributed by atoms with E-state index >= 15 is 0 Å². The van der Waals surface area contributed by atoms with Gasteiger partial charge < -0.3 is 10.7 Å². The maximum atomic E-state index is 11.6. The van der Waals surface area contributed by atoms with Crippen molar-refractivity contribution in [2.24, 2.45) is 5.73 Å². The van der Waals surface area contributed by atoms with Crippen LogP contribution in [-0.2, 0) is 4.79 Å². The SMILES string of the molecule is NC(=O)CC=Cc1ccc2[nH]ccc(=O)c2c1. The standard InChI is InChI=1S/C13H12N2O2/c14-13(17)3-1-2-9-4-5-11-10(8-9)12(16)6-7-15-11/h1-2,4-8H,3H2,(H2,14,17)(H,15,16). The van der Waals surface area contributed by atoms with E-state index in [0.29, 0.717) is 5.39 Å². The molecule has 1 heterocycles. The summed E-state index contributed by atoms with van der Waals surface area (Å²) in [6.45, 7) is 0. The first-order valence-electron chi connectivity index (χ1n) is 5.23. The topological polar surface area (TPSA) is 76.0 Å². The lowest BCUT2D eigenvalue weighted by Gasteiger charge is -1.98. The summed E-state index contributed by atoms with van der Waals surface area (Å²) in [5.41, 5.74) is 6.67. The highest BCUT2D eigenvalue weighted by molar-refractivity contribution is 5.81. The van der Waals surface area contributed by atoms with Crippen LogP contribution in [0.3, 0.4) is 0 Å². The van der Waals surface area contributed by atoms with Crippen LogP contribution in [0.4, 0.5) is 0 Å². The van der Waals surface area contributed by atoms with Gasteiger partial charge >= 0.3 is 0 Å². The smallest absolute Gasteiger partial charge is 0.221 e. The van der Waals surface area contributed by atoms with E-state index in [-0.39, 0.29) is 17.8 Å². The zero-order chi connectivity index (χ0) is 12.3. The number of carbonyl (C=O) groups is 1. The molecule has 0 saturated carbocycles. The molecule has 0 fully saturated rings. The van der Waals surface area contributed by atoms with Gasteiger partial charge in [0.25, 0.3) is 0 Å². The molecule has 1 aromatic heterocycles. The van der Waals surface area contributed by atoms with E-state index in [1.807, 2.05) is 12.1 Å².